The van der Waals surface area contributed by atoms with Gasteiger partial charge in [-0.25, -0.2) is 9.97 Å². The van der Waals surface area contributed by atoms with Gasteiger partial charge in [0.1, 0.15) is 12.4 Å². The zero-order chi connectivity index (χ0) is 22.6. The molecule has 3 rings (SSSR count). The molecule has 32 heavy (non-hydrogen) atoms. The van der Waals surface area contributed by atoms with E-state index in [9.17, 15) is 0 Å². The number of rotatable bonds is 13. The molecule has 5 heteroatoms. The van der Waals surface area contributed by atoms with Crippen molar-refractivity contribution in [3.05, 3.63) is 60.9 Å². The fraction of sp³-hybridized carbons (Fsp3) is 0.407. The summed E-state index contributed by atoms with van der Waals surface area (Å²) in [7, 11) is 0. The van der Waals surface area contributed by atoms with E-state index >= 15 is 0 Å². The molecule has 0 aliphatic rings. The van der Waals surface area contributed by atoms with E-state index in [0.29, 0.717) is 25.6 Å². The second-order valence-electron chi connectivity index (χ2n) is 7.83. The minimum atomic E-state index is 0.0841. The maximum atomic E-state index is 5.79. The van der Waals surface area contributed by atoms with Gasteiger partial charge in [-0.3, -0.25) is 0 Å². The Hall–Kier alpha value is -2.92. The van der Waals surface area contributed by atoms with Crippen molar-refractivity contribution >= 4 is 0 Å². The molecule has 2 aromatic carbocycles. The number of hydrogen-bond acceptors (Lipinski definition) is 5. The van der Waals surface area contributed by atoms with Gasteiger partial charge in [0.05, 0.1) is 25.1 Å². The lowest BCUT2D eigenvalue weighted by Crippen LogP contribution is -2.17. The van der Waals surface area contributed by atoms with E-state index in [1.54, 1.807) is 12.4 Å². The van der Waals surface area contributed by atoms with Gasteiger partial charge in [-0.2, -0.15) is 0 Å². The van der Waals surface area contributed by atoms with E-state index < -0.39 is 0 Å². The molecule has 1 heterocycles. The predicted molar refractivity (Wildman–Crippen MR) is 129 cm³/mol. The highest BCUT2D eigenvalue weighted by Crippen LogP contribution is 2.25. The molecule has 0 aliphatic carbocycles. The minimum absolute atomic E-state index is 0.0841. The molecule has 0 radical (unpaired) electrons. The van der Waals surface area contributed by atoms with Gasteiger partial charge in [0.25, 0.3) is 0 Å². The van der Waals surface area contributed by atoms with Crippen molar-refractivity contribution < 1.29 is 14.2 Å². The quantitative estimate of drug-likeness (QED) is 0.285. The van der Waals surface area contributed by atoms with Crippen LogP contribution in [-0.4, -0.2) is 35.9 Å². The zero-order valence-corrected chi connectivity index (χ0v) is 19.4. The zero-order valence-electron chi connectivity index (χ0n) is 19.4. The lowest BCUT2D eigenvalue weighted by Gasteiger charge is -2.13. The van der Waals surface area contributed by atoms with Crippen LogP contribution in [0.3, 0.4) is 0 Å². The Kier molecular flexibility index (Phi) is 9.51. The second kappa shape index (κ2) is 12.8. The summed E-state index contributed by atoms with van der Waals surface area (Å²) < 4.78 is 17.0. The molecule has 0 amide bonds. The summed E-state index contributed by atoms with van der Waals surface area (Å²) in [5, 5.41) is 0. The monoisotopic (exact) mass is 434 g/mol. The normalized spacial score (nSPS) is 11.8. The van der Waals surface area contributed by atoms with Crippen LogP contribution in [0.25, 0.3) is 22.5 Å². The third-order valence-corrected chi connectivity index (χ3v) is 5.16. The summed E-state index contributed by atoms with van der Waals surface area (Å²) in [5.41, 5.74) is 3.25. The first-order valence-corrected chi connectivity index (χ1v) is 11.6. The molecule has 0 unspecified atom stereocenters. The Morgan fingerprint density at radius 3 is 1.97 bits per heavy atom. The van der Waals surface area contributed by atoms with E-state index in [1.807, 2.05) is 38.1 Å². The fourth-order valence-corrected chi connectivity index (χ4v) is 3.36. The van der Waals surface area contributed by atoms with Crippen molar-refractivity contribution in [2.24, 2.45) is 0 Å². The smallest absolute Gasteiger partial charge is 0.159 e. The van der Waals surface area contributed by atoms with Gasteiger partial charge < -0.3 is 14.2 Å². The number of nitrogens with zero attached hydrogens (tertiary/aromatic N) is 2. The standard InChI is InChI=1S/C27H34N2O3/c1-4-6-7-8-17-31-26-18-28-27(29-19-26)24-11-9-22(10-12-24)23-13-15-25(16-14-23)32-20-21(3)30-5-2/h9-16,18-19,21H,4-8,17,20H2,1-3H3/t21-/m1/s1. The van der Waals surface area contributed by atoms with Crippen LogP contribution >= 0.6 is 0 Å². The number of hydrogen-bond donors (Lipinski definition) is 0. The number of benzene rings is 2. The third-order valence-electron chi connectivity index (χ3n) is 5.16. The first kappa shape index (κ1) is 23.7. The lowest BCUT2D eigenvalue weighted by molar-refractivity contribution is 0.0402. The van der Waals surface area contributed by atoms with Crippen LogP contribution in [0, 0.1) is 0 Å². The van der Waals surface area contributed by atoms with Crippen LogP contribution in [0.2, 0.25) is 0 Å². The van der Waals surface area contributed by atoms with Crippen LogP contribution < -0.4 is 9.47 Å². The molecule has 3 aromatic rings. The molecular formula is C27H34N2O3. The van der Waals surface area contributed by atoms with E-state index in [-0.39, 0.29) is 6.10 Å². The summed E-state index contributed by atoms with van der Waals surface area (Å²) in [4.78, 5) is 8.93. The lowest BCUT2D eigenvalue weighted by atomic mass is 10.0. The highest BCUT2D eigenvalue weighted by Gasteiger charge is 2.06. The first-order chi connectivity index (χ1) is 15.7. The largest absolute Gasteiger partial charge is 0.491 e. The van der Waals surface area contributed by atoms with Gasteiger partial charge in [-0.15, -0.1) is 0 Å². The molecule has 1 atom stereocenters. The Balaban J connectivity index is 1.54. The molecule has 1 aromatic heterocycles. The molecule has 0 saturated heterocycles. The Morgan fingerprint density at radius 1 is 0.719 bits per heavy atom. The van der Waals surface area contributed by atoms with Crippen molar-refractivity contribution in [2.75, 3.05) is 19.8 Å². The summed E-state index contributed by atoms with van der Waals surface area (Å²) in [6, 6.07) is 16.4. The maximum Gasteiger partial charge on any atom is 0.159 e. The van der Waals surface area contributed by atoms with Crippen molar-refractivity contribution in [3.8, 4) is 34.0 Å². The van der Waals surface area contributed by atoms with Crippen LogP contribution in [0.5, 0.6) is 11.5 Å². The molecule has 0 saturated carbocycles. The van der Waals surface area contributed by atoms with Crippen molar-refractivity contribution in [3.63, 3.8) is 0 Å². The molecule has 0 spiro atoms. The summed E-state index contributed by atoms with van der Waals surface area (Å²) in [6.45, 7) is 8.16. The van der Waals surface area contributed by atoms with Crippen molar-refractivity contribution in [1.29, 1.82) is 0 Å². The van der Waals surface area contributed by atoms with Crippen molar-refractivity contribution in [1.82, 2.24) is 9.97 Å². The van der Waals surface area contributed by atoms with E-state index in [0.717, 1.165) is 34.6 Å². The van der Waals surface area contributed by atoms with Crippen LogP contribution in [0.4, 0.5) is 0 Å². The van der Waals surface area contributed by atoms with Crippen LogP contribution in [0.15, 0.2) is 60.9 Å². The number of unbranched alkanes of at least 4 members (excludes halogenated alkanes) is 3. The molecule has 0 aliphatic heterocycles. The van der Waals surface area contributed by atoms with E-state index in [4.69, 9.17) is 14.2 Å². The summed E-state index contributed by atoms with van der Waals surface area (Å²) in [6.07, 6.45) is 8.33. The number of aromatic nitrogens is 2. The Labute approximate surface area is 191 Å². The summed E-state index contributed by atoms with van der Waals surface area (Å²) in [5.74, 6) is 2.26. The van der Waals surface area contributed by atoms with Gasteiger partial charge in [0.2, 0.25) is 0 Å². The Morgan fingerprint density at radius 2 is 1.34 bits per heavy atom. The van der Waals surface area contributed by atoms with Gasteiger partial charge in [0.15, 0.2) is 11.6 Å². The maximum absolute atomic E-state index is 5.79. The third kappa shape index (κ3) is 7.34. The molecule has 0 N–H and O–H groups in total. The van der Waals surface area contributed by atoms with Gasteiger partial charge in [-0.1, -0.05) is 62.6 Å². The fourth-order valence-electron chi connectivity index (χ4n) is 3.36. The average Bonchev–Trinajstić information content (AvgIpc) is 2.84. The minimum Gasteiger partial charge on any atom is -0.491 e. The van der Waals surface area contributed by atoms with E-state index in [1.165, 1.54) is 19.3 Å². The molecule has 0 fully saturated rings. The van der Waals surface area contributed by atoms with Gasteiger partial charge in [0, 0.05) is 12.2 Å². The van der Waals surface area contributed by atoms with Crippen LogP contribution in [0.1, 0.15) is 46.5 Å². The topological polar surface area (TPSA) is 53.5 Å². The molecule has 170 valence electrons. The van der Waals surface area contributed by atoms with Crippen molar-refractivity contribution in [2.45, 2.75) is 52.6 Å². The second-order valence-corrected chi connectivity index (χ2v) is 7.83. The Bertz CT molecular complexity index is 909. The highest BCUT2D eigenvalue weighted by molar-refractivity contribution is 5.68. The van der Waals surface area contributed by atoms with Crippen LogP contribution in [-0.2, 0) is 4.74 Å². The van der Waals surface area contributed by atoms with Gasteiger partial charge >= 0.3 is 0 Å². The summed E-state index contributed by atoms with van der Waals surface area (Å²) >= 11 is 0. The highest BCUT2D eigenvalue weighted by atomic mass is 16.5. The SMILES string of the molecule is CCCCCCOc1cnc(-c2ccc(-c3ccc(OC[C@@H](C)OCC)cc3)cc2)nc1. The van der Waals surface area contributed by atoms with E-state index in [2.05, 4.69) is 41.2 Å². The van der Waals surface area contributed by atoms with Gasteiger partial charge in [-0.05, 0) is 43.5 Å². The first-order valence-electron chi connectivity index (χ1n) is 11.6. The molecule has 0 bridgehead atoms. The average molecular weight is 435 g/mol. The predicted octanol–water partition coefficient (Wildman–Crippen LogP) is 6.57. The molecule has 5 nitrogen and oxygen atoms in total. The number of ether oxygens (including phenoxy) is 3. The molecular weight excluding hydrogens is 400 g/mol.